The van der Waals surface area contributed by atoms with Crippen molar-refractivity contribution in [2.24, 2.45) is 0 Å². The highest BCUT2D eigenvalue weighted by molar-refractivity contribution is 5.69. The van der Waals surface area contributed by atoms with E-state index in [1.54, 1.807) is 4.90 Å². The summed E-state index contributed by atoms with van der Waals surface area (Å²) in [4.78, 5) is 16.0. The number of hydrogen-bond acceptors (Lipinski definition) is 3. The minimum Gasteiger partial charge on any atom is -0.480 e. The molecule has 1 rings (SSSR count). The summed E-state index contributed by atoms with van der Waals surface area (Å²) in [5.41, 5.74) is 0. The maximum absolute atomic E-state index is 12.5. The molecule has 96 valence electrons. The summed E-state index contributed by atoms with van der Waals surface area (Å²) in [5, 5.41) is 8.70. The molecule has 17 heavy (non-hydrogen) atoms. The van der Waals surface area contributed by atoms with E-state index in [-0.39, 0.29) is 18.9 Å². The lowest BCUT2D eigenvalue weighted by atomic mass is 10.4. The average molecular weight is 247 g/mol. The molecule has 0 amide bonds. The summed E-state index contributed by atoms with van der Waals surface area (Å²) in [6, 6.07) is 0. The molecule has 7 heteroatoms. The minimum atomic E-state index is -2.65. The Morgan fingerprint density at radius 1 is 1.65 bits per heavy atom. The van der Waals surface area contributed by atoms with Gasteiger partial charge in [0.1, 0.15) is 5.82 Å². The van der Waals surface area contributed by atoms with Crippen molar-refractivity contribution in [3.8, 4) is 0 Å². The molecule has 1 aromatic rings. The van der Waals surface area contributed by atoms with Crippen molar-refractivity contribution in [2.45, 2.75) is 26.4 Å². The Morgan fingerprint density at radius 2 is 2.35 bits per heavy atom. The van der Waals surface area contributed by atoms with Crippen molar-refractivity contribution in [2.75, 3.05) is 13.1 Å². The molecular formula is C10H15F2N3O2. The summed E-state index contributed by atoms with van der Waals surface area (Å²) in [7, 11) is 0. The van der Waals surface area contributed by atoms with Crippen LogP contribution in [0.5, 0.6) is 0 Å². The van der Waals surface area contributed by atoms with Crippen LogP contribution in [0.25, 0.3) is 0 Å². The zero-order chi connectivity index (χ0) is 12.8. The summed E-state index contributed by atoms with van der Waals surface area (Å²) in [5.74, 6) is -0.802. The first kappa shape index (κ1) is 13.6. The summed E-state index contributed by atoms with van der Waals surface area (Å²) in [6.07, 6.45) is 3.22. The van der Waals surface area contributed by atoms with Crippen LogP contribution in [0.1, 0.15) is 25.7 Å². The first-order valence-electron chi connectivity index (χ1n) is 5.28. The number of hydrogen-bond donors (Lipinski definition) is 1. The van der Waals surface area contributed by atoms with Gasteiger partial charge in [-0.1, -0.05) is 6.92 Å². The van der Waals surface area contributed by atoms with Gasteiger partial charge >= 0.3 is 12.5 Å². The Balaban J connectivity index is 2.71. The van der Waals surface area contributed by atoms with Crippen LogP contribution >= 0.6 is 0 Å². The number of alkyl halides is 2. The Bertz CT molecular complexity index is 368. The van der Waals surface area contributed by atoms with E-state index in [1.165, 1.54) is 12.4 Å². The standard InChI is InChI=1S/C10H15F2N3O2/c1-2-4-14(7-9(16)17)6-8-13-3-5-15(8)10(11)12/h3,5,10H,2,4,6-7H2,1H3,(H,16,17). The van der Waals surface area contributed by atoms with Gasteiger partial charge in [-0.3, -0.25) is 14.3 Å². The number of aliphatic carboxylic acids is 1. The highest BCUT2D eigenvalue weighted by atomic mass is 19.3. The zero-order valence-electron chi connectivity index (χ0n) is 9.51. The van der Waals surface area contributed by atoms with Gasteiger partial charge in [0.25, 0.3) is 0 Å². The molecule has 1 heterocycles. The number of aromatic nitrogens is 2. The molecule has 0 spiro atoms. The molecule has 0 bridgehead atoms. The topological polar surface area (TPSA) is 58.4 Å². The molecular weight excluding hydrogens is 232 g/mol. The molecule has 0 atom stereocenters. The first-order valence-corrected chi connectivity index (χ1v) is 5.28. The second-order valence-corrected chi connectivity index (χ2v) is 3.63. The maximum atomic E-state index is 12.5. The van der Waals surface area contributed by atoms with Crippen molar-refractivity contribution in [3.05, 3.63) is 18.2 Å². The summed E-state index contributed by atoms with van der Waals surface area (Å²) < 4.78 is 25.8. The van der Waals surface area contributed by atoms with Crippen LogP contribution in [0.3, 0.4) is 0 Å². The van der Waals surface area contributed by atoms with Crippen LogP contribution in [0, 0.1) is 0 Å². The van der Waals surface area contributed by atoms with Gasteiger partial charge in [0.05, 0.1) is 13.1 Å². The summed E-state index contributed by atoms with van der Waals surface area (Å²) >= 11 is 0. The third kappa shape index (κ3) is 4.10. The monoisotopic (exact) mass is 247 g/mol. The van der Waals surface area contributed by atoms with E-state index >= 15 is 0 Å². The summed E-state index contributed by atoms with van der Waals surface area (Å²) in [6.45, 7) is -0.293. The lowest BCUT2D eigenvalue weighted by molar-refractivity contribution is -0.138. The van der Waals surface area contributed by atoms with E-state index < -0.39 is 12.5 Å². The van der Waals surface area contributed by atoms with Crippen molar-refractivity contribution in [1.82, 2.24) is 14.5 Å². The van der Waals surface area contributed by atoms with Gasteiger partial charge in [0, 0.05) is 12.4 Å². The first-order chi connectivity index (χ1) is 8.04. The molecule has 0 saturated carbocycles. The number of carboxylic acids is 1. The second kappa shape index (κ2) is 6.29. The average Bonchev–Trinajstić information content (AvgIpc) is 2.65. The normalized spacial score (nSPS) is 11.4. The number of carbonyl (C=O) groups is 1. The molecule has 0 radical (unpaired) electrons. The predicted molar refractivity (Wildman–Crippen MR) is 56.7 cm³/mol. The molecule has 0 aliphatic carbocycles. The lowest BCUT2D eigenvalue weighted by Crippen LogP contribution is -2.31. The van der Waals surface area contributed by atoms with Gasteiger partial charge in [0.15, 0.2) is 0 Å². The van der Waals surface area contributed by atoms with Crippen molar-refractivity contribution in [1.29, 1.82) is 0 Å². The van der Waals surface area contributed by atoms with Gasteiger partial charge in [-0.25, -0.2) is 4.98 Å². The predicted octanol–water partition coefficient (Wildman–Crippen LogP) is 1.57. The number of nitrogens with zero attached hydrogens (tertiary/aromatic N) is 3. The molecule has 0 fully saturated rings. The Kier molecular flexibility index (Phi) is 5.02. The SMILES string of the molecule is CCCN(CC(=O)O)Cc1nccn1C(F)F. The van der Waals surface area contributed by atoms with Crippen LogP contribution < -0.4 is 0 Å². The Morgan fingerprint density at radius 3 is 2.88 bits per heavy atom. The van der Waals surface area contributed by atoms with Crippen molar-refractivity contribution in [3.63, 3.8) is 0 Å². The van der Waals surface area contributed by atoms with Crippen LogP contribution in [0.2, 0.25) is 0 Å². The third-order valence-electron chi connectivity index (χ3n) is 2.22. The minimum absolute atomic E-state index is 0.109. The number of imidazole rings is 1. The molecule has 1 aromatic heterocycles. The van der Waals surface area contributed by atoms with Crippen LogP contribution in [0.4, 0.5) is 8.78 Å². The molecule has 1 N–H and O–H groups in total. The number of carboxylic acid groups (broad SMARTS) is 1. The van der Waals surface area contributed by atoms with E-state index in [4.69, 9.17) is 5.11 Å². The van der Waals surface area contributed by atoms with E-state index in [1.807, 2.05) is 6.92 Å². The highest BCUT2D eigenvalue weighted by Crippen LogP contribution is 2.13. The zero-order valence-corrected chi connectivity index (χ0v) is 9.51. The largest absolute Gasteiger partial charge is 0.480 e. The fraction of sp³-hybridized carbons (Fsp3) is 0.600. The van der Waals surface area contributed by atoms with E-state index in [9.17, 15) is 13.6 Å². The molecule has 0 aromatic carbocycles. The van der Waals surface area contributed by atoms with E-state index in [0.717, 1.165) is 11.0 Å². The fourth-order valence-electron chi connectivity index (χ4n) is 1.57. The van der Waals surface area contributed by atoms with E-state index in [0.29, 0.717) is 6.54 Å². The van der Waals surface area contributed by atoms with Gasteiger partial charge in [-0.15, -0.1) is 0 Å². The molecule has 0 unspecified atom stereocenters. The molecule has 0 aliphatic rings. The lowest BCUT2D eigenvalue weighted by Gasteiger charge is -2.19. The second-order valence-electron chi connectivity index (χ2n) is 3.63. The highest BCUT2D eigenvalue weighted by Gasteiger charge is 2.16. The van der Waals surface area contributed by atoms with E-state index in [2.05, 4.69) is 4.98 Å². The quantitative estimate of drug-likeness (QED) is 0.794. The van der Waals surface area contributed by atoms with Gasteiger partial charge in [0.2, 0.25) is 0 Å². The van der Waals surface area contributed by atoms with Gasteiger partial charge < -0.3 is 5.11 Å². The van der Waals surface area contributed by atoms with Crippen LogP contribution in [0.15, 0.2) is 12.4 Å². The molecule has 0 saturated heterocycles. The number of halogens is 2. The van der Waals surface area contributed by atoms with Crippen LogP contribution in [-0.4, -0.2) is 38.6 Å². The Labute approximate surface area is 97.7 Å². The third-order valence-corrected chi connectivity index (χ3v) is 2.22. The van der Waals surface area contributed by atoms with Gasteiger partial charge in [-0.05, 0) is 13.0 Å². The fourth-order valence-corrected chi connectivity index (χ4v) is 1.57. The van der Waals surface area contributed by atoms with Crippen LogP contribution in [-0.2, 0) is 11.3 Å². The molecule has 5 nitrogen and oxygen atoms in total. The Hall–Kier alpha value is -1.50. The van der Waals surface area contributed by atoms with Crippen molar-refractivity contribution >= 4 is 5.97 Å². The number of rotatable bonds is 7. The van der Waals surface area contributed by atoms with Crippen molar-refractivity contribution < 1.29 is 18.7 Å². The maximum Gasteiger partial charge on any atom is 0.319 e. The van der Waals surface area contributed by atoms with Gasteiger partial charge in [-0.2, -0.15) is 8.78 Å². The smallest absolute Gasteiger partial charge is 0.319 e. The molecule has 0 aliphatic heterocycles.